The van der Waals surface area contributed by atoms with E-state index in [9.17, 15) is 9.18 Å². The minimum atomic E-state index is -1.54. The molecular weight excluding hydrogens is 275 g/mol. The lowest BCUT2D eigenvalue weighted by Crippen LogP contribution is -2.12. The number of ketones is 1. The number of hydrogen-bond donors (Lipinski definition) is 0. The highest BCUT2D eigenvalue weighted by atomic mass is 32.2. The van der Waals surface area contributed by atoms with E-state index < -0.39 is 11.3 Å². The Labute approximate surface area is 122 Å². The molecule has 0 aliphatic heterocycles. The zero-order valence-electron chi connectivity index (χ0n) is 11.1. The van der Waals surface area contributed by atoms with Crippen molar-refractivity contribution in [3.8, 4) is 5.75 Å². The molecule has 0 aliphatic carbocycles. The van der Waals surface area contributed by atoms with Crippen molar-refractivity contribution in [2.45, 2.75) is 11.3 Å². The molecule has 2 rings (SSSR count). The van der Waals surface area contributed by atoms with E-state index in [2.05, 4.69) is 0 Å². The van der Waals surface area contributed by atoms with E-state index >= 15 is 0 Å². The van der Waals surface area contributed by atoms with Gasteiger partial charge in [0.2, 0.25) is 11.3 Å². The quantitative estimate of drug-likeness (QED) is 0.749. The van der Waals surface area contributed by atoms with E-state index in [-0.39, 0.29) is 0 Å². The zero-order chi connectivity index (χ0) is 14.4. The van der Waals surface area contributed by atoms with Crippen LogP contribution in [0.25, 0.3) is 0 Å². The van der Waals surface area contributed by atoms with E-state index in [0.29, 0.717) is 11.3 Å². The lowest BCUT2D eigenvalue weighted by molar-refractivity contribution is 0.0939. The van der Waals surface area contributed by atoms with Crippen LogP contribution >= 0.6 is 11.8 Å². The Morgan fingerprint density at radius 3 is 2.40 bits per heavy atom. The number of Topliss-reactive ketones (excluding diaryl/α,β-unsaturated/α-hetero) is 1. The SMILES string of the molecule is COc1ccc(CSC(F)C(=O)c2ccccc2)cc1. The van der Waals surface area contributed by atoms with Gasteiger partial charge in [-0.3, -0.25) is 4.79 Å². The van der Waals surface area contributed by atoms with Gasteiger partial charge in [-0.15, -0.1) is 11.8 Å². The Kier molecular flexibility index (Phi) is 5.18. The van der Waals surface area contributed by atoms with Gasteiger partial charge < -0.3 is 4.74 Å². The van der Waals surface area contributed by atoms with E-state index in [0.717, 1.165) is 23.1 Å². The average molecular weight is 290 g/mol. The van der Waals surface area contributed by atoms with E-state index in [4.69, 9.17) is 4.74 Å². The molecule has 104 valence electrons. The van der Waals surface area contributed by atoms with Crippen LogP contribution in [0.15, 0.2) is 54.6 Å². The highest BCUT2D eigenvalue weighted by Crippen LogP contribution is 2.23. The van der Waals surface area contributed by atoms with Gasteiger partial charge in [-0.2, -0.15) is 0 Å². The monoisotopic (exact) mass is 290 g/mol. The molecular formula is C16H15FO2S. The number of thioether (sulfide) groups is 1. The van der Waals surface area contributed by atoms with Gasteiger partial charge in [0.15, 0.2) is 0 Å². The maximum atomic E-state index is 13.9. The average Bonchev–Trinajstić information content (AvgIpc) is 2.53. The molecule has 0 N–H and O–H groups in total. The predicted molar refractivity (Wildman–Crippen MR) is 80.0 cm³/mol. The second-order valence-electron chi connectivity index (χ2n) is 4.21. The third-order valence-corrected chi connectivity index (χ3v) is 3.83. The van der Waals surface area contributed by atoms with Crippen LogP contribution in [0.4, 0.5) is 4.39 Å². The van der Waals surface area contributed by atoms with Crippen molar-refractivity contribution in [1.29, 1.82) is 0 Å². The molecule has 0 fully saturated rings. The summed E-state index contributed by atoms with van der Waals surface area (Å²) < 4.78 is 19.0. The fourth-order valence-electron chi connectivity index (χ4n) is 1.70. The number of alkyl halides is 1. The van der Waals surface area contributed by atoms with E-state index in [1.54, 1.807) is 37.4 Å². The largest absolute Gasteiger partial charge is 0.497 e. The predicted octanol–water partition coefficient (Wildman–Crippen LogP) is 4.11. The smallest absolute Gasteiger partial charge is 0.209 e. The first-order valence-corrected chi connectivity index (χ1v) is 7.23. The summed E-state index contributed by atoms with van der Waals surface area (Å²) in [6.07, 6.45) is 0. The summed E-state index contributed by atoms with van der Waals surface area (Å²) in [5.74, 6) is 0.726. The first-order valence-electron chi connectivity index (χ1n) is 6.18. The van der Waals surface area contributed by atoms with Gasteiger partial charge in [-0.25, -0.2) is 4.39 Å². The molecule has 0 spiro atoms. The standard InChI is InChI=1S/C16H15FO2S/c1-19-14-9-7-12(8-10-14)11-20-16(17)15(18)13-5-3-2-4-6-13/h2-10,16H,11H2,1H3. The molecule has 1 atom stereocenters. The molecule has 0 aromatic heterocycles. The third-order valence-electron chi connectivity index (χ3n) is 2.82. The van der Waals surface area contributed by atoms with Crippen molar-refractivity contribution >= 4 is 17.5 Å². The fourth-order valence-corrected chi connectivity index (χ4v) is 2.52. The highest BCUT2D eigenvalue weighted by Gasteiger charge is 2.19. The summed E-state index contributed by atoms with van der Waals surface area (Å²) in [6, 6.07) is 15.9. The van der Waals surface area contributed by atoms with Crippen LogP contribution in [-0.4, -0.2) is 18.4 Å². The van der Waals surface area contributed by atoms with Gasteiger partial charge in [0, 0.05) is 11.3 Å². The molecule has 2 nitrogen and oxygen atoms in total. The van der Waals surface area contributed by atoms with Crippen LogP contribution in [-0.2, 0) is 5.75 Å². The number of ether oxygens (including phenoxy) is 1. The Bertz CT molecular complexity index is 554. The first kappa shape index (κ1) is 14.6. The minimum absolute atomic E-state index is 0.405. The van der Waals surface area contributed by atoms with Crippen LogP contribution in [0.2, 0.25) is 0 Å². The second kappa shape index (κ2) is 7.10. The van der Waals surface area contributed by atoms with E-state index in [1.807, 2.05) is 24.3 Å². The van der Waals surface area contributed by atoms with Crippen LogP contribution in [0.1, 0.15) is 15.9 Å². The third kappa shape index (κ3) is 3.84. The highest BCUT2D eigenvalue weighted by molar-refractivity contribution is 7.99. The van der Waals surface area contributed by atoms with Crippen LogP contribution in [0.3, 0.4) is 0 Å². The molecule has 0 amide bonds. The molecule has 2 aromatic carbocycles. The molecule has 0 heterocycles. The molecule has 2 aromatic rings. The zero-order valence-corrected chi connectivity index (χ0v) is 11.9. The van der Waals surface area contributed by atoms with Crippen molar-refractivity contribution in [2.24, 2.45) is 0 Å². The number of carbonyl (C=O) groups excluding carboxylic acids is 1. The minimum Gasteiger partial charge on any atom is -0.497 e. The summed E-state index contributed by atoms with van der Waals surface area (Å²) in [6.45, 7) is 0. The van der Waals surface area contributed by atoms with E-state index in [1.165, 1.54) is 0 Å². The molecule has 1 unspecified atom stereocenters. The first-order chi connectivity index (χ1) is 9.70. The molecule has 4 heteroatoms. The number of benzene rings is 2. The summed E-state index contributed by atoms with van der Waals surface area (Å²) in [7, 11) is 1.60. The Balaban J connectivity index is 1.91. The maximum absolute atomic E-state index is 13.9. The Morgan fingerprint density at radius 2 is 1.80 bits per heavy atom. The van der Waals surface area contributed by atoms with Crippen molar-refractivity contribution in [3.63, 3.8) is 0 Å². The van der Waals surface area contributed by atoms with Gasteiger partial charge in [0.25, 0.3) is 0 Å². The number of halogens is 1. The molecule has 0 saturated heterocycles. The molecule has 0 saturated carbocycles. The normalized spacial score (nSPS) is 11.9. The molecule has 0 bridgehead atoms. The Morgan fingerprint density at radius 1 is 1.15 bits per heavy atom. The number of hydrogen-bond acceptors (Lipinski definition) is 3. The van der Waals surface area contributed by atoms with Gasteiger partial charge >= 0.3 is 0 Å². The summed E-state index contributed by atoms with van der Waals surface area (Å²) >= 11 is 0.989. The van der Waals surface area contributed by atoms with Gasteiger partial charge in [-0.05, 0) is 17.7 Å². The lowest BCUT2D eigenvalue weighted by Gasteiger charge is -2.08. The molecule has 0 radical (unpaired) electrons. The lowest BCUT2D eigenvalue weighted by atomic mass is 10.1. The second-order valence-corrected chi connectivity index (χ2v) is 5.24. The van der Waals surface area contributed by atoms with Crippen molar-refractivity contribution in [3.05, 3.63) is 65.7 Å². The van der Waals surface area contributed by atoms with Crippen LogP contribution in [0, 0.1) is 0 Å². The molecule has 0 aliphatic rings. The fraction of sp³-hybridized carbons (Fsp3) is 0.188. The molecule has 20 heavy (non-hydrogen) atoms. The topological polar surface area (TPSA) is 26.3 Å². The van der Waals surface area contributed by atoms with Crippen molar-refractivity contribution in [2.75, 3.05) is 7.11 Å². The summed E-state index contributed by atoms with van der Waals surface area (Å²) in [5, 5.41) is 0. The van der Waals surface area contributed by atoms with Gasteiger partial charge in [0.05, 0.1) is 7.11 Å². The van der Waals surface area contributed by atoms with Crippen molar-refractivity contribution in [1.82, 2.24) is 0 Å². The van der Waals surface area contributed by atoms with Gasteiger partial charge in [-0.1, -0.05) is 42.5 Å². The van der Waals surface area contributed by atoms with Crippen LogP contribution < -0.4 is 4.74 Å². The number of carbonyl (C=O) groups is 1. The number of methoxy groups -OCH3 is 1. The maximum Gasteiger partial charge on any atom is 0.209 e. The number of rotatable bonds is 6. The Hall–Kier alpha value is -1.81. The summed E-state index contributed by atoms with van der Waals surface area (Å²) in [5.41, 5.74) is -0.180. The van der Waals surface area contributed by atoms with Gasteiger partial charge in [0.1, 0.15) is 5.75 Å². The van der Waals surface area contributed by atoms with Crippen LogP contribution in [0.5, 0.6) is 5.75 Å². The summed E-state index contributed by atoms with van der Waals surface area (Å²) in [4.78, 5) is 11.9. The van der Waals surface area contributed by atoms with Crippen molar-refractivity contribution < 1.29 is 13.9 Å².